The molecular weight excluding hydrogens is 136 g/mol. The molecule has 2 heteroatoms. The van der Waals surface area contributed by atoms with Crippen molar-refractivity contribution in [1.82, 2.24) is 4.98 Å². The Kier molecular flexibility index (Phi) is 2.13. The van der Waals surface area contributed by atoms with Crippen molar-refractivity contribution in [2.45, 2.75) is 26.7 Å². The van der Waals surface area contributed by atoms with Crippen molar-refractivity contribution in [3.05, 3.63) is 23.4 Å². The van der Waals surface area contributed by atoms with Gasteiger partial charge in [0.15, 0.2) is 0 Å². The van der Waals surface area contributed by atoms with Crippen molar-refractivity contribution in [3.8, 4) is 0 Å². The van der Waals surface area contributed by atoms with Gasteiger partial charge < -0.3 is 5.73 Å². The second kappa shape index (κ2) is 2.91. The Bertz CT molecular complexity index is 254. The average Bonchev–Trinajstić information content (AvgIpc) is 1.94. The molecule has 0 fully saturated rings. The van der Waals surface area contributed by atoms with Crippen molar-refractivity contribution >= 4 is 5.82 Å². The highest BCUT2D eigenvalue weighted by Crippen LogP contribution is 2.16. The van der Waals surface area contributed by atoms with E-state index >= 15 is 0 Å². The number of anilines is 1. The van der Waals surface area contributed by atoms with Crippen LogP contribution in [0.3, 0.4) is 0 Å². The van der Waals surface area contributed by atoms with Crippen LogP contribution in [0.15, 0.2) is 12.1 Å². The molecule has 0 aliphatic rings. The van der Waals surface area contributed by atoms with Crippen molar-refractivity contribution < 1.29 is 0 Å². The lowest BCUT2D eigenvalue weighted by molar-refractivity contribution is 0.814. The summed E-state index contributed by atoms with van der Waals surface area (Å²) in [5, 5.41) is 0. The van der Waals surface area contributed by atoms with E-state index in [4.69, 9.17) is 5.73 Å². The fraction of sp³-hybridized carbons (Fsp3) is 0.444. The van der Waals surface area contributed by atoms with Crippen molar-refractivity contribution in [2.24, 2.45) is 0 Å². The largest absolute Gasteiger partial charge is 0.384 e. The Hall–Kier alpha value is -1.05. The molecular formula is C9H14N2. The molecule has 1 rings (SSSR count). The maximum absolute atomic E-state index is 5.55. The van der Waals surface area contributed by atoms with Gasteiger partial charge in [0.25, 0.3) is 0 Å². The molecule has 0 saturated heterocycles. The van der Waals surface area contributed by atoms with Gasteiger partial charge in [-0.3, -0.25) is 0 Å². The van der Waals surface area contributed by atoms with Crippen LogP contribution in [0.5, 0.6) is 0 Å². The third-order valence-electron chi connectivity index (χ3n) is 1.70. The maximum atomic E-state index is 5.55. The standard InChI is InChI=1S/C9H14N2/c1-6(2)9-7(3)4-5-8(10)11-9/h4-6H,1-3H3,(H2,10,11). The summed E-state index contributed by atoms with van der Waals surface area (Å²) in [6.07, 6.45) is 0. The molecule has 0 atom stereocenters. The minimum Gasteiger partial charge on any atom is -0.384 e. The smallest absolute Gasteiger partial charge is 0.123 e. The van der Waals surface area contributed by atoms with Crippen molar-refractivity contribution in [2.75, 3.05) is 5.73 Å². The van der Waals surface area contributed by atoms with E-state index in [1.807, 2.05) is 12.1 Å². The second-order valence-corrected chi connectivity index (χ2v) is 3.09. The maximum Gasteiger partial charge on any atom is 0.123 e. The summed E-state index contributed by atoms with van der Waals surface area (Å²) in [6, 6.07) is 3.85. The first kappa shape index (κ1) is 8.05. The van der Waals surface area contributed by atoms with E-state index in [1.165, 1.54) is 5.56 Å². The topological polar surface area (TPSA) is 38.9 Å². The van der Waals surface area contributed by atoms with E-state index in [0.29, 0.717) is 11.7 Å². The van der Waals surface area contributed by atoms with Gasteiger partial charge in [0.2, 0.25) is 0 Å². The van der Waals surface area contributed by atoms with Gasteiger partial charge >= 0.3 is 0 Å². The van der Waals surface area contributed by atoms with Gasteiger partial charge in [0.05, 0.1) is 0 Å². The highest BCUT2D eigenvalue weighted by atomic mass is 14.8. The van der Waals surface area contributed by atoms with Crippen LogP contribution in [0.2, 0.25) is 0 Å². The quantitative estimate of drug-likeness (QED) is 0.665. The van der Waals surface area contributed by atoms with Gasteiger partial charge in [-0.2, -0.15) is 0 Å². The summed E-state index contributed by atoms with van der Waals surface area (Å²) in [7, 11) is 0. The first-order valence-corrected chi connectivity index (χ1v) is 3.84. The molecule has 2 nitrogen and oxygen atoms in total. The molecule has 1 aromatic heterocycles. The zero-order valence-electron chi connectivity index (χ0n) is 7.26. The van der Waals surface area contributed by atoms with Crippen LogP contribution in [-0.4, -0.2) is 4.98 Å². The van der Waals surface area contributed by atoms with E-state index < -0.39 is 0 Å². The Morgan fingerprint density at radius 1 is 1.36 bits per heavy atom. The Labute approximate surface area is 67.5 Å². The number of hydrogen-bond acceptors (Lipinski definition) is 2. The third-order valence-corrected chi connectivity index (χ3v) is 1.70. The van der Waals surface area contributed by atoms with E-state index in [1.54, 1.807) is 0 Å². The van der Waals surface area contributed by atoms with Crippen molar-refractivity contribution in [1.29, 1.82) is 0 Å². The molecule has 0 aliphatic heterocycles. The Morgan fingerprint density at radius 2 is 2.00 bits per heavy atom. The number of nitrogen functional groups attached to an aromatic ring is 1. The molecule has 0 saturated carbocycles. The van der Waals surface area contributed by atoms with Crippen LogP contribution in [0.25, 0.3) is 0 Å². The number of pyridine rings is 1. The summed E-state index contributed by atoms with van der Waals surface area (Å²) in [6.45, 7) is 6.30. The zero-order valence-corrected chi connectivity index (χ0v) is 7.26. The summed E-state index contributed by atoms with van der Waals surface area (Å²) in [5.41, 5.74) is 7.87. The molecule has 1 aromatic rings. The van der Waals surface area contributed by atoms with Gasteiger partial charge in [0, 0.05) is 5.69 Å². The van der Waals surface area contributed by atoms with E-state index in [9.17, 15) is 0 Å². The minimum atomic E-state index is 0.457. The molecule has 0 aromatic carbocycles. The highest BCUT2D eigenvalue weighted by Gasteiger charge is 2.04. The van der Waals surface area contributed by atoms with Gasteiger partial charge in [0.1, 0.15) is 5.82 Å². The van der Waals surface area contributed by atoms with Gasteiger partial charge in [-0.25, -0.2) is 4.98 Å². The number of rotatable bonds is 1. The molecule has 2 N–H and O–H groups in total. The molecule has 0 radical (unpaired) electrons. The van der Waals surface area contributed by atoms with Crippen LogP contribution in [0.1, 0.15) is 31.0 Å². The summed E-state index contributed by atoms with van der Waals surface area (Å²) in [5.74, 6) is 1.07. The normalized spacial score (nSPS) is 10.5. The first-order valence-electron chi connectivity index (χ1n) is 3.84. The Balaban J connectivity index is 3.13. The van der Waals surface area contributed by atoms with E-state index in [-0.39, 0.29) is 0 Å². The summed E-state index contributed by atoms with van der Waals surface area (Å²) < 4.78 is 0. The highest BCUT2D eigenvalue weighted by molar-refractivity contribution is 5.34. The predicted octanol–water partition coefficient (Wildman–Crippen LogP) is 2.10. The molecule has 11 heavy (non-hydrogen) atoms. The first-order chi connectivity index (χ1) is 5.11. The molecule has 0 unspecified atom stereocenters. The lowest BCUT2D eigenvalue weighted by Gasteiger charge is -2.07. The van der Waals surface area contributed by atoms with Gasteiger partial charge in [-0.15, -0.1) is 0 Å². The second-order valence-electron chi connectivity index (χ2n) is 3.09. The van der Waals surface area contributed by atoms with Crippen LogP contribution >= 0.6 is 0 Å². The number of nitrogens with two attached hydrogens (primary N) is 1. The SMILES string of the molecule is Cc1ccc(N)nc1C(C)C. The average molecular weight is 150 g/mol. The number of nitrogens with zero attached hydrogens (tertiary/aromatic N) is 1. The van der Waals surface area contributed by atoms with E-state index in [2.05, 4.69) is 25.8 Å². The molecule has 1 heterocycles. The summed E-state index contributed by atoms with van der Waals surface area (Å²) in [4.78, 5) is 4.25. The third kappa shape index (κ3) is 1.70. The van der Waals surface area contributed by atoms with Crippen LogP contribution < -0.4 is 5.73 Å². The van der Waals surface area contributed by atoms with Gasteiger partial charge in [-0.05, 0) is 24.5 Å². The number of aromatic nitrogens is 1. The Morgan fingerprint density at radius 3 is 2.45 bits per heavy atom. The monoisotopic (exact) mass is 150 g/mol. The summed E-state index contributed by atoms with van der Waals surface area (Å²) >= 11 is 0. The molecule has 0 spiro atoms. The van der Waals surface area contributed by atoms with Crippen LogP contribution in [0.4, 0.5) is 5.82 Å². The lowest BCUT2D eigenvalue weighted by atomic mass is 10.1. The molecule has 60 valence electrons. The lowest BCUT2D eigenvalue weighted by Crippen LogP contribution is -1.99. The molecule has 0 amide bonds. The van der Waals surface area contributed by atoms with E-state index in [0.717, 1.165) is 5.69 Å². The fourth-order valence-corrected chi connectivity index (χ4v) is 1.14. The van der Waals surface area contributed by atoms with Crippen molar-refractivity contribution in [3.63, 3.8) is 0 Å². The number of hydrogen-bond donors (Lipinski definition) is 1. The zero-order chi connectivity index (χ0) is 8.43. The van der Waals surface area contributed by atoms with Crippen LogP contribution in [0, 0.1) is 6.92 Å². The molecule has 0 bridgehead atoms. The fourth-order valence-electron chi connectivity index (χ4n) is 1.14. The van der Waals surface area contributed by atoms with Crippen LogP contribution in [-0.2, 0) is 0 Å². The van der Waals surface area contributed by atoms with Gasteiger partial charge in [-0.1, -0.05) is 19.9 Å². The molecule has 0 aliphatic carbocycles. The predicted molar refractivity (Wildman–Crippen MR) is 47.5 cm³/mol. The minimum absolute atomic E-state index is 0.457. The number of aryl methyl sites for hydroxylation is 1.